The maximum Gasteiger partial charge on any atom is 0.498 e. The minimum atomic E-state index is -0.428. The van der Waals surface area contributed by atoms with Crippen LogP contribution in [0.15, 0.2) is 41.1 Å². The smallest absolute Gasteiger partial charge is 0.456 e. The molecule has 0 atom stereocenters. The van der Waals surface area contributed by atoms with Crippen LogP contribution < -0.4 is 5.46 Å². The van der Waals surface area contributed by atoms with Crippen LogP contribution in [0, 0.1) is 0 Å². The molecule has 0 amide bonds. The van der Waals surface area contributed by atoms with E-state index in [9.17, 15) is 0 Å². The Morgan fingerprint density at radius 3 is 2.41 bits per heavy atom. The monoisotopic (exact) mass is 295 g/mol. The lowest BCUT2D eigenvalue weighted by atomic mass is 9.78. The molecule has 0 bridgehead atoms. The molecule has 1 aliphatic heterocycles. The molecule has 2 aromatic heterocycles. The number of nitrogens with zero attached hydrogens (tertiary/aromatic N) is 1. The fourth-order valence-electron chi connectivity index (χ4n) is 2.82. The molecule has 1 fully saturated rings. The van der Waals surface area contributed by atoms with Crippen molar-refractivity contribution in [3.05, 3.63) is 36.7 Å². The highest BCUT2D eigenvalue weighted by Gasteiger charge is 2.52. The van der Waals surface area contributed by atoms with Crippen LogP contribution >= 0.6 is 0 Å². The van der Waals surface area contributed by atoms with Gasteiger partial charge in [-0.3, -0.25) is 4.98 Å². The number of benzene rings is 1. The van der Waals surface area contributed by atoms with Gasteiger partial charge in [0.25, 0.3) is 0 Å². The quantitative estimate of drug-likeness (QED) is 0.646. The number of para-hydroxylation sites is 1. The topological polar surface area (TPSA) is 44.5 Å². The van der Waals surface area contributed by atoms with E-state index in [2.05, 4.69) is 32.7 Å². The summed E-state index contributed by atoms with van der Waals surface area (Å²) in [6.45, 7) is 8.21. The van der Waals surface area contributed by atoms with Crippen LogP contribution in [-0.2, 0) is 9.31 Å². The fraction of sp³-hybridized carbons (Fsp3) is 0.353. The lowest BCUT2D eigenvalue weighted by Gasteiger charge is -2.32. The summed E-state index contributed by atoms with van der Waals surface area (Å²) < 4.78 is 18.3. The minimum absolute atomic E-state index is 0.368. The molecule has 0 spiro atoms. The third-order valence-corrected chi connectivity index (χ3v) is 4.84. The summed E-state index contributed by atoms with van der Waals surface area (Å²) in [5.74, 6) is 0. The Bertz CT molecular complexity index is 853. The number of hydrogen-bond donors (Lipinski definition) is 0. The van der Waals surface area contributed by atoms with Gasteiger partial charge < -0.3 is 13.7 Å². The molecule has 0 radical (unpaired) electrons. The van der Waals surface area contributed by atoms with Gasteiger partial charge in [0.1, 0.15) is 11.2 Å². The van der Waals surface area contributed by atoms with Gasteiger partial charge in [-0.05, 0) is 33.8 Å². The Kier molecular flexibility index (Phi) is 2.72. The number of hydrogen-bond acceptors (Lipinski definition) is 4. The average Bonchev–Trinajstić information content (AvgIpc) is 2.93. The molecular formula is C17H18BNO3. The van der Waals surface area contributed by atoms with E-state index in [0.717, 1.165) is 27.4 Å². The van der Waals surface area contributed by atoms with Crippen molar-refractivity contribution < 1.29 is 13.7 Å². The molecule has 3 aromatic rings. The Hall–Kier alpha value is -1.85. The maximum absolute atomic E-state index is 6.16. The molecule has 1 saturated heterocycles. The van der Waals surface area contributed by atoms with Gasteiger partial charge in [0, 0.05) is 28.6 Å². The summed E-state index contributed by atoms with van der Waals surface area (Å²) in [6, 6.07) is 7.92. The fourth-order valence-corrected chi connectivity index (χ4v) is 2.82. The van der Waals surface area contributed by atoms with Gasteiger partial charge in [0.2, 0.25) is 0 Å². The van der Waals surface area contributed by atoms with Crippen LogP contribution in [0.25, 0.3) is 21.9 Å². The molecule has 0 unspecified atom stereocenters. The van der Waals surface area contributed by atoms with E-state index in [1.165, 1.54) is 0 Å². The second kappa shape index (κ2) is 4.34. The molecule has 4 nitrogen and oxygen atoms in total. The van der Waals surface area contributed by atoms with Crippen molar-refractivity contribution in [2.24, 2.45) is 0 Å². The van der Waals surface area contributed by atoms with Gasteiger partial charge in [0.05, 0.1) is 11.2 Å². The SMILES string of the molecule is CC1(C)OB(c2cccc3c2oc2ccncc23)OC1(C)C. The standard InChI is InChI=1S/C17H18BNO3/c1-16(2)17(3,4)22-18(21-16)13-7-5-6-11-12-10-19-9-8-14(12)20-15(11)13/h5-10H,1-4H3. The van der Waals surface area contributed by atoms with Gasteiger partial charge in [-0.1, -0.05) is 18.2 Å². The van der Waals surface area contributed by atoms with Crippen molar-refractivity contribution in [1.82, 2.24) is 4.98 Å². The predicted molar refractivity (Wildman–Crippen MR) is 87.2 cm³/mol. The van der Waals surface area contributed by atoms with Crippen LogP contribution in [0.3, 0.4) is 0 Å². The zero-order valence-electron chi connectivity index (χ0n) is 13.2. The van der Waals surface area contributed by atoms with Crippen LogP contribution in [0.1, 0.15) is 27.7 Å². The number of pyridine rings is 1. The summed E-state index contributed by atoms with van der Waals surface area (Å²) >= 11 is 0. The van der Waals surface area contributed by atoms with Gasteiger partial charge >= 0.3 is 7.12 Å². The second-order valence-electron chi connectivity index (χ2n) is 6.79. The van der Waals surface area contributed by atoms with Gasteiger partial charge in [-0.25, -0.2) is 0 Å². The number of aromatic nitrogens is 1. The van der Waals surface area contributed by atoms with Crippen molar-refractivity contribution in [1.29, 1.82) is 0 Å². The average molecular weight is 295 g/mol. The number of fused-ring (bicyclic) bond motifs is 3. The highest BCUT2D eigenvalue weighted by molar-refractivity contribution is 6.65. The van der Waals surface area contributed by atoms with E-state index in [0.29, 0.717) is 0 Å². The van der Waals surface area contributed by atoms with E-state index in [1.807, 2.05) is 30.5 Å². The Balaban J connectivity index is 1.90. The van der Waals surface area contributed by atoms with Crippen molar-refractivity contribution >= 4 is 34.5 Å². The molecule has 112 valence electrons. The molecule has 5 heteroatoms. The largest absolute Gasteiger partial charge is 0.498 e. The second-order valence-corrected chi connectivity index (χ2v) is 6.79. The number of furan rings is 1. The molecule has 4 rings (SSSR count). The highest BCUT2D eigenvalue weighted by Crippen LogP contribution is 2.37. The van der Waals surface area contributed by atoms with Crippen molar-refractivity contribution in [2.75, 3.05) is 0 Å². The third-order valence-electron chi connectivity index (χ3n) is 4.84. The maximum atomic E-state index is 6.16. The summed E-state index contributed by atoms with van der Waals surface area (Å²) in [5, 5.41) is 2.05. The van der Waals surface area contributed by atoms with Gasteiger partial charge in [0.15, 0.2) is 0 Å². The lowest BCUT2D eigenvalue weighted by Crippen LogP contribution is -2.41. The van der Waals surface area contributed by atoms with Crippen molar-refractivity contribution in [2.45, 2.75) is 38.9 Å². The summed E-state index contributed by atoms with van der Waals surface area (Å²) in [4.78, 5) is 4.19. The molecule has 3 heterocycles. The normalized spacial score (nSPS) is 20.1. The molecule has 1 aromatic carbocycles. The Labute approximate surface area is 129 Å². The first-order chi connectivity index (χ1) is 10.4. The van der Waals surface area contributed by atoms with E-state index in [-0.39, 0.29) is 11.2 Å². The summed E-state index contributed by atoms with van der Waals surface area (Å²) in [7, 11) is -0.428. The zero-order valence-corrected chi connectivity index (χ0v) is 13.2. The minimum Gasteiger partial charge on any atom is -0.456 e. The summed E-state index contributed by atoms with van der Waals surface area (Å²) in [5.41, 5.74) is 1.83. The third kappa shape index (κ3) is 1.82. The molecule has 0 N–H and O–H groups in total. The van der Waals surface area contributed by atoms with Crippen LogP contribution in [0.2, 0.25) is 0 Å². The van der Waals surface area contributed by atoms with E-state index < -0.39 is 7.12 Å². The van der Waals surface area contributed by atoms with Crippen LogP contribution in [0.5, 0.6) is 0 Å². The lowest BCUT2D eigenvalue weighted by molar-refractivity contribution is 0.00578. The van der Waals surface area contributed by atoms with Gasteiger partial charge in [-0.15, -0.1) is 0 Å². The van der Waals surface area contributed by atoms with E-state index in [1.54, 1.807) is 6.20 Å². The molecule has 1 aliphatic rings. The first kappa shape index (κ1) is 13.8. The van der Waals surface area contributed by atoms with E-state index >= 15 is 0 Å². The first-order valence-electron chi connectivity index (χ1n) is 7.50. The molecule has 22 heavy (non-hydrogen) atoms. The zero-order chi connectivity index (χ0) is 15.5. The number of rotatable bonds is 1. The summed E-state index contributed by atoms with van der Waals surface area (Å²) in [6.07, 6.45) is 3.56. The predicted octanol–water partition coefficient (Wildman–Crippen LogP) is 3.28. The van der Waals surface area contributed by atoms with Crippen LogP contribution in [0.4, 0.5) is 0 Å². The van der Waals surface area contributed by atoms with Crippen LogP contribution in [-0.4, -0.2) is 23.3 Å². The Morgan fingerprint density at radius 2 is 1.68 bits per heavy atom. The first-order valence-corrected chi connectivity index (χ1v) is 7.50. The van der Waals surface area contributed by atoms with Crippen molar-refractivity contribution in [3.63, 3.8) is 0 Å². The van der Waals surface area contributed by atoms with E-state index in [4.69, 9.17) is 13.7 Å². The van der Waals surface area contributed by atoms with Gasteiger partial charge in [-0.2, -0.15) is 0 Å². The highest BCUT2D eigenvalue weighted by atomic mass is 16.7. The Morgan fingerprint density at radius 1 is 0.955 bits per heavy atom. The van der Waals surface area contributed by atoms with Crippen molar-refractivity contribution in [3.8, 4) is 0 Å². The molecular weight excluding hydrogens is 277 g/mol. The molecule has 0 aliphatic carbocycles. The molecule has 0 saturated carbocycles.